The van der Waals surface area contributed by atoms with Crippen LogP contribution in [0.2, 0.25) is 0 Å². The summed E-state index contributed by atoms with van der Waals surface area (Å²) in [6.07, 6.45) is 3.90. The van der Waals surface area contributed by atoms with E-state index in [0.29, 0.717) is 0 Å². The van der Waals surface area contributed by atoms with Crippen LogP contribution >= 0.6 is 0 Å². The molecule has 1 rings (SSSR count). The maximum atomic E-state index is 5.11. The topological polar surface area (TPSA) is 21.3 Å². The molecule has 0 aromatic heterocycles. The van der Waals surface area contributed by atoms with Crippen LogP contribution in [0, 0.1) is 11.8 Å². The Morgan fingerprint density at radius 1 is 1.58 bits per heavy atom. The van der Waals surface area contributed by atoms with Crippen molar-refractivity contribution in [3.05, 3.63) is 0 Å². The summed E-state index contributed by atoms with van der Waals surface area (Å²) in [7, 11) is 1.79. The Bertz CT molecular complexity index is 110. The number of nitrogens with one attached hydrogen (secondary N) is 1. The molecule has 0 radical (unpaired) electrons. The van der Waals surface area contributed by atoms with Crippen LogP contribution in [0.4, 0.5) is 0 Å². The van der Waals surface area contributed by atoms with Gasteiger partial charge in [-0.25, -0.2) is 0 Å². The van der Waals surface area contributed by atoms with Crippen LogP contribution in [-0.2, 0) is 4.74 Å². The zero-order chi connectivity index (χ0) is 8.81. The molecular weight excluding hydrogens is 150 g/mol. The average molecular weight is 171 g/mol. The quantitative estimate of drug-likeness (QED) is 0.679. The van der Waals surface area contributed by atoms with Crippen LogP contribution in [-0.4, -0.2) is 26.8 Å². The number of hydrogen-bond donors (Lipinski definition) is 1. The van der Waals surface area contributed by atoms with Gasteiger partial charge in [0.15, 0.2) is 0 Å². The second-order valence-corrected chi connectivity index (χ2v) is 3.70. The minimum absolute atomic E-state index is 0.875. The van der Waals surface area contributed by atoms with Gasteiger partial charge in [0, 0.05) is 13.7 Å². The summed E-state index contributed by atoms with van der Waals surface area (Å²) in [5, 5.41) is 3.42. The SMILES string of the molecule is CCC(CCOC)C1CCNC1. The molecule has 72 valence electrons. The van der Waals surface area contributed by atoms with Crippen LogP contribution in [0.5, 0.6) is 0 Å². The zero-order valence-electron chi connectivity index (χ0n) is 8.31. The molecule has 0 aliphatic carbocycles. The van der Waals surface area contributed by atoms with Gasteiger partial charge < -0.3 is 10.1 Å². The van der Waals surface area contributed by atoms with Gasteiger partial charge in [0.25, 0.3) is 0 Å². The molecule has 0 spiro atoms. The predicted octanol–water partition coefficient (Wildman–Crippen LogP) is 1.66. The van der Waals surface area contributed by atoms with E-state index in [9.17, 15) is 0 Å². The molecule has 0 aromatic rings. The summed E-state index contributed by atoms with van der Waals surface area (Å²) < 4.78 is 5.11. The van der Waals surface area contributed by atoms with Crippen molar-refractivity contribution >= 4 is 0 Å². The van der Waals surface area contributed by atoms with Gasteiger partial charge in [0.05, 0.1) is 0 Å². The summed E-state index contributed by atoms with van der Waals surface area (Å²) >= 11 is 0. The number of rotatable bonds is 5. The van der Waals surface area contributed by atoms with Gasteiger partial charge in [0.2, 0.25) is 0 Å². The van der Waals surface area contributed by atoms with Gasteiger partial charge in [-0.1, -0.05) is 13.3 Å². The van der Waals surface area contributed by atoms with E-state index >= 15 is 0 Å². The van der Waals surface area contributed by atoms with E-state index in [1.165, 1.54) is 32.4 Å². The first kappa shape index (κ1) is 10.0. The van der Waals surface area contributed by atoms with Crippen LogP contribution < -0.4 is 5.32 Å². The highest BCUT2D eigenvalue weighted by atomic mass is 16.5. The standard InChI is InChI=1S/C10H21NO/c1-3-9(5-7-12-2)10-4-6-11-8-10/h9-11H,3-8H2,1-2H3. The van der Waals surface area contributed by atoms with Crippen LogP contribution in [0.1, 0.15) is 26.2 Å². The highest BCUT2D eigenvalue weighted by Gasteiger charge is 2.22. The fraction of sp³-hybridized carbons (Fsp3) is 1.00. The first-order valence-corrected chi connectivity index (χ1v) is 5.08. The van der Waals surface area contributed by atoms with Crippen LogP contribution in [0.3, 0.4) is 0 Å². The number of ether oxygens (including phenoxy) is 1. The normalized spacial score (nSPS) is 26.0. The molecule has 1 aliphatic rings. The molecule has 2 atom stereocenters. The molecule has 2 nitrogen and oxygen atoms in total. The van der Waals surface area contributed by atoms with Crippen LogP contribution in [0.15, 0.2) is 0 Å². The summed E-state index contributed by atoms with van der Waals surface area (Å²) in [5.41, 5.74) is 0. The molecule has 0 amide bonds. The smallest absolute Gasteiger partial charge is 0.0465 e. The van der Waals surface area contributed by atoms with Crippen LogP contribution in [0.25, 0.3) is 0 Å². The molecule has 2 unspecified atom stereocenters. The van der Waals surface area contributed by atoms with E-state index in [2.05, 4.69) is 12.2 Å². The van der Waals surface area contributed by atoms with E-state index < -0.39 is 0 Å². The van der Waals surface area contributed by atoms with E-state index in [4.69, 9.17) is 4.74 Å². The van der Waals surface area contributed by atoms with Gasteiger partial charge >= 0.3 is 0 Å². The molecule has 1 fully saturated rings. The monoisotopic (exact) mass is 171 g/mol. The van der Waals surface area contributed by atoms with Crippen molar-refractivity contribution in [3.8, 4) is 0 Å². The Morgan fingerprint density at radius 3 is 2.92 bits per heavy atom. The molecule has 0 saturated carbocycles. The van der Waals surface area contributed by atoms with E-state index in [-0.39, 0.29) is 0 Å². The predicted molar refractivity (Wildman–Crippen MR) is 51.3 cm³/mol. The van der Waals surface area contributed by atoms with Gasteiger partial charge in [-0.05, 0) is 37.8 Å². The summed E-state index contributed by atoms with van der Waals surface area (Å²) in [6.45, 7) is 5.66. The maximum Gasteiger partial charge on any atom is 0.0465 e. The Hall–Kier alpha value is -0.0800. The van der Waals surface area contributed by atoms with Crippen molar-refractivity contribution in [3.63, 3.8) is 0 Å². The third-order valence-electron chi connectivity index (χ3n) is 2.98. The van der Waals surface area contributed by atoms with E-state index in [1.807, 2.05) is 0 Å². The lowest BCUT2D eigenvalue weighted by Gasteiger charge is -2.20. The summed E-state index contributed by atoms with van der Waals surface area (Å²) in [6, 6.07) is 0. The van der Waals surface area contributed by atoms with Crippen molar-refractivity contribution in [1.82, 2.24) is 5.32 Å². The Morgan fingerprint density at radius 2 is 2.42 bits per heavy atom. The van der Waals surface area contributed by atoms with Gasteiger partial charge in [-0.2, -0.15) is 0 Å². The average Bonchev–Trinajstić information content (AvgIpc) is 2.59. The fourth-order valence-corrected chi connectivity index (χ4v) is 2.12. The van der Waals surface area contributed by atoms with Crippen molar-refractivity contribution in [2.75, 3.05) is 26.8 Å². The van der Waals surface area contributed by atoms with Crippen molar-refractivity contribution in [2.45, 2.75) is 26.2 Å². The lowest BCUT2D eigenvalue weighted by Crippen LogP contribution is -2.18. The second kappa shape index (κ2) is 5.55. The first-order chi connectivity index (χ1) is 5.88. The molecular formula is C10H21NO. The number of hydrogen-bond acceptors (Lipinski definition) is 2. The largest absolute Gasteiger partial charge is 0.385 e. The highest BCUT2D eigenvalue weighted by molar-refractivity contribution is 4.77. The molecule has 1 heterocycles. The molecule has 1 N–H and O–H groups in total. The first-order valence-electron chi connectivity index (χ1n) is 5.08. The third kappa shape index (κ3) is 2.76. The second-order valence-electron chi connectivity index (χ2n) is 3.70. The Kier molecular flexibility index (Phi) is 4.62. The molecule has 1 aliphatic heterocycles. The third-order valence-corrected chi connectivity index (χ3v) is 2.98. The van der Waals surface area contributed by atoms with E-state index in [1.54, 1.807) is 7.11 Å². The maximum absolute atomic E-state index is 5.11. The van der Waals surface area contributed by atoms with Gasteiger partial charge in [0.1, 0.15) is 0 Å². The molecule has 2 heteroatoms. The lowest BCUT2D eigenvalue weighted by atomic mass is 9.87. The van der Waals surface area contributed by atoms with Crippen molar-refractivity contribution < 1.29 is 4.74 Å². The molecule has 1 saturated heterocycles. The van der Waals surface area contributed by atoms with Crippen molar-refractivity contribution in [1.29, 1.82) is 0 Å². The molecule has 0 bridgehead atoms. The molecule has 12 heavy (non-hydrogen) atoms. The minimum Gasteiger partial charge on any atom is -0.385 e. The van der Waals surface area contributed by atoms with Gasteiger partial charge in [-0.15, -0.1) is 0 Å². The Balaban J connectivity index is 2.22. The fourth-order valence-electron chi connectivity index (χ4n) is 2.12. The lowest BCUT2D eigenvalue weighted by molar-refractivity contribution is 0.161. The summed E-state index contributed by atoms with van der Waals surface area (Å²) in [5.74, 6) is 1.78. The minimum atomic E-state index is 0.875. The molecule has 0 aromatic carbocycles. The van der Waals surface area contributed by atoms with E-state index in [0.717, 1.165) is 18.4 Å². The zero-order valence-corrected chi connectivity index (χ0v) is 8.31. The highest BCUT2D eigenvalue weighted by Crippen LogP contribution is 2.24. The summed E-state index contributed by atoms with van der Waals surface area (Å²) in [4.78, 5) is 0. The van der Waals surface area contributed by atoms with Gasteiger partial charge in [-0.3, -0.25) is 0 Å². The van der Waals surface area contributed by atoms with Crippen molar-refractivity contribution in [2.24, 2.45) is 11.8 Å². The number of methoxy groups -OCH3 is 1. The Labute approximate surface area is 75.7 Å².